The lowest BCUT2D eigenvalue weighted by molar-refractivity contribution is 0.0729. The second kappa shape index (κ2) is 9.33. The summed E-state index contributed by atoms with van der Waals surface area (Å²) < 4.78 is 27.7. The fourth-order valence-corrected chi connectivity index (χ4v) is 3.87. The van der Waals surface area contributed by atoms with Crippen LogP contribution in [0.15, 0.2) is 36.4 Å². The Hall–Kier alpha value is -2.82. The van der Waals surface area contributed by atoms with E-state index in [9.17, 15) is 18.7 Å². The molecule has 1 amide bonds. The number of benzene rings is 2. The topological polar surface area (TPSA) is 76.4 Å². The molecule has 2 aromatic carbocycles. The summed E-state index contributed by atoms with van der Waals surface area (Å²) in [6.07, 6.45) is 2.64. The van der Waals surface area contributed by atoms with Gasteiger partial charge in [0.1, 0.15) is 29.5 Å². The van der Waals surface area contributed by atoms with E-state index in [4.69, 9.17) is 5.26 Å². The fourth-order valence-electron chi connectivity index (χ4n) is 3.87. The Labute approximate surface area is 174 Å². The van der Waals surface area contributed by atoms with Crippen LogP contribution in [0.4, 0.5) is 8.78 Å². The summed E-state index contributed by atoms with van der Waals surface area (Å²) in [4.78, 5) is 14.6. The average molecular weight is 413 g/mol. The van der Waals surface area contributed by atoms with Crippen LogP contribution in [0.1, 0.15) is 48.5 Å². The van der Waals surface area contributed by atoms with Crippen LogP contribution >= 0.6 is 0 Å². The van der Waals surface area contributed by atoms with Crippen LogP contribution in [0.2, 0.25) is 0 Å². The molecule has 0 bridgehead atoms. The maximum Gasteiger partial charge on any atom is 0.253 e. The van der Waals surface area contributed by atoms with Gasteiger partial charge in [-0.2, -0.15) is 5.26 Å². The van der Waals surface area contributed by atoms with Gasteiger partial charge in [0.25, 0.3) is 5.91 Å². The Kier molecular flexibility index (Phi) is 6.80. The molecule has 2 aromatic rings. The molecule has 1 aliphatic rings. The number of rotatable bonds is 6. The summed E-state index contributed by atoms with van der Waals surface area (Å²) in [6.45, 7) is 1.91. The molecule has 1 aliphatic carbocycles. The number of aliphatic hydroxyl groups is 1. The Morgan fingerprint density at radius 3 is 2.43 bits per heavy atom. The van der Waals surface area contributed by atoms with Gasteiger partial charge in [-0.15, -0.1) is 0 Å². The summed E-state index contributed by atoms with van der Waals surface area (Å²) >= 11 is 0. The van der Waals surface area contributed by atoms with Crippen molar-refractivity contribution in [2.24, 2.45) is 0 Å². The smallest absolute Gasteiger partial charge is 0.253 e. The quantitative estimate of drug-likeness (QED) is 0.706. The molecule has 5 nitrogen and oxygen atoms in total. The zero-order valence-corrected chi connectivity index (χ0v) is 17.0. The van der Waals surface area contributed by atoms with Crippen LogP contribution in [0.5, 0.6) is 0 Å². The lowest BCUT2D eigenvalue weighted by atomic mass is 10.0. The first-order valence-corrected chi connectivity index (χ1v) is 10.0. The second-order valence-corrected chi connectivity index (χ2v) is 7.67. The number of hydrogen-bond acceptors (Lipinski definition) is 4. The summed E-state index contributed by atoms with van der Waals surface area (Å²) in [6, 6.07) is 10.5. The highest BCUT2D eigenvalue weighted by atomic mass is 19.1. The third kappa shape index (κ3) is 4.66. The normalized spacial score (nSPS) is 19.3. The molecule has 0 aliphatic heterocycles. The van der Waals surface area contributed by atoms with Gasteiger partial charge >= 0.3 is 0 Å². The Morgan fingerprint density at radius 1 is 1.23 bits per heavy atom. The molecule has 2 N–H and O–H groups in total. The number of halogens is 2. The first-order valence-electron chi connectivity index (χ1n) is 10.0. The van der Waals surface area contributed by atoms with E-state index < -0.39 is 23.4 Å². The van der Waals surface area contributed by atoms with E-state index in [1.54, 1.807) is 36.2 Å². The van der Waals surface area contributed by atoms with Gasteiger partial charge in [-0.3, -0.25) is 10.1 Å². The molecule has 0 radical (unpaired) electrons. The second-order valence-electron chi connectivity index (χ2n) is 7.67. The van der Waals surface area contributed by atoms with Crippen molar-refractivity contribution in [1.82, 2.24) is 10.2 Å². The van der Waals surface area contributed by atoms with Crippen LogP contribution in [0.25, 0.3) is 11.1 Å². The monoisotopic (exact) mass is 413 g/mol. The van der Waals surface area contributed by atoms with Crippen molar-refractivity contribution >= 4 is 5.91 Å². The van der Waals surface area contributed by atoms with Gasteiger partial charge in [-0.1, -0.05) is 19.1 Å². The van der Waals surface area contributed by atoms with Crippen molar-refractivity contribution < 1.29 is 18.7 Å². The SMILES string of the molecule is CCC(O)N[C@H]1CC[C@@H](N(C)C(=O)c2ccc(-c3cc(F)c(C#N)c(F)c3)cc2)C1. The van der Waals surface area contributed by atoms with E-state index in [0.717, 1.165) is 31.4 Å². The number of nitrogens with one attached hydrogen (secondary N) is 1. The predicted octanol–water partition coefficient (Wildman–Crippen LogP) is 3.81. The van der Waals surface area contributed by atoms with E-state index in [0.29, 0.717) is 23.1 Å². The van der Waals surface area contributed by atoms with E-state index in [1.807, 2.05) is 6.92 Å². The summed E-state index contributed by atoms with van der Waals surface area (Å²) in [5.74, 6) is -1.95. The minimum atomic E-state index is -0.912. The molecule has 0 heterocycles. The number of carbonyl (C=O) groups is 1. The van der Waals surface area contributed by atoms with Crippen LogP contribution in [0.3, 0.4) is 0 Å². The lowest BCUT2D eigenvalue weighted by Crippen LogP contribution is -2.39. The van der Waals surface area contributed by atoms with Crippen molar-refractivity contribution in [2.45, 2.75) is 50.9 Å². The molecule has 0 saturated heterocycles. The Morgan fingerprint density at radius 2 is 1.87 bits per heavy atom. The molecule has 3 atom stereocenters. The maximum atomic E-state index is 13.9. The Bertz CT molecular complexity index is 933. The van der Waals surface area contributed by atoms with Crippen molar-refractivity contribution in [3.63, 3.8) is 0 Å². The third-order valence-electron chi connectivity index (χ3n) is 5.71. The molecular formula is C23H25F2N3O2. The van der Waals surface area contributed by atoms with Gasteiger partial charge in [0.05, 0.1) is 0 Å². The number of hydrogen-bond donors (Lipinski definition) is 2. The van der Waals surface area contributed by atoms with Gasteiger partial charge in [-0.05, 0) is 61.1 Å². The highest BCUT2D eigenvalue weighted by Crippen LogP contribution is 2.27. The fraction of sp³-hybridized carbons (Fsp3) is 0.391. The standard InChI is InChI=1S/C23H25F2N3O2/c1-3-22(29)27-17-8-9-18(12-17)28(2)23(30)15-6-4-14(5-7-15)16-10-20(24)19(13-26)21(25)11-16/h4-7,10-11,17-18,22,27,29H,3,8-9,12H2,1-2H3/t17-,18+,22?/m0/s1. The van der Waals surface area contributed by atoms with E-state index >= 15 is 0 Å². The van der Waals surface area contributed by atoms with Crippen molar-refractivity contribution in [3.05, 3.63) is 59.2 Å². The molecule has 0 aromatic heterocycles. The zero-order chi connectivity index (χ0) is 21.8. The van der Waals surface area contributed by atoms with Crippen LogP contribution in [-0.2, 0) is 0 Å². The molecule has 1 fully saturated rings. The largest absolute Gasteiger partial charge is 0.379 e. The van der Waals surface area contributed by atoms with Gasteiger partial charge < -0.3 is 10.0 Å². The summed E-state index contributed by atoms with van der Waals surface area (Å²) in [5, 5.41) is 21.7. The third-order valence-corrected chi connectivity index (χ3v) is 5.71. The van der Waals surface area contributed by atoms with Crippen molar-refractivity contribution in [1.29, 1.82) is 5.26 Å². The van der Waals surface area contributed by atoms with Gasteiger partial charge in [0.2, 0.25) is 0 Å². The van der Waals surface area contributed by atoms with Crippen LogP contribution < -0.4 is 5.32 Å². The molecule has 3 rings (SSSR count). The first-order chi connectivity index (χ1) is 14.3. The van der Waals surface area contributed by atoms with E-state index in [1.165, 1.54) is 6.07 Å². The van der Waals surface area contributed by atoms with Crippen molar-refractivity contribution in [2.75, 3.05) is 7.05 Å². The molecule has 1 saturated carbocycles. The predicted molar refractivity (Wildman–Crippen MR) is 109 cm³/mol. The maximum absolute atomic E-state index is 13.9. The number of nitrogens with zero attached hydrogens (tertiary/aromatic N) is 2. The molecular weight excluding hydrogens is 388 g/mol. The van der Waals surface area contributed by atoms with Gasteiger partial charge in [0.15, 0.2) is 0 Å². The number of carbonyl (C=O) groups excluding carboxylic acids is 1. The summed E-state index contributed by atoms with van der Waals surface area (Å²) in [5.41, 5.74) is 0.731. The molecule has 1 unspecified atom stereocenters. The van der Waals surface area contributed by atoms with E-state index in [2.05, 4.69) is 5.32 Å². The van der Waals surface area contributed by atoms with Gasteiger partial charge in [0, 0.05) is 24.7 Å². The van der Waals surface area contributed by atoms with Crippen LogP contribution in [0, 0.1) is 23.0 Å². The number of nitriles is 1. The van der Waals surface area contributed by atoms with Gasteiger partial charge in [-0.25, -0.2) is 8.78 Å². The average Bonchev–Trinajstić information content (AvgIpc) is 3.20. The summed E-state index contributed by atoms with van der Waals surface area (Å²) in [7, 11) is 1.77. The number of aliphatic hydroxyl groups excluding tert-OH is 1. The molecule has 7 heteroatoms. The van der Waals surface area contributed by atoms with E-state index in [-0.39, 0.29) is 18.0 Å². The minimum Gasteiger partial charge on any atom is -0.379 e. The number of amides is 1. The van der Waals surface area contributed by atoms with Crippen LogP contribution in [-0.4, -0.2) is 41.3 Å². The Balaban J connectivity index is 1.69. The molecule has 0 spiro atoms. The lowest BCUT2D eigenvalue weighted by Gasteiger charge is -2.25. The molecule has 30 heavy (non-hydrogen) atoms. The highest BCUT2D eigenvalue weighted by molar-refractivity contribution is 5.94. The first kappa shape index (κ1) is 21.9. The highest BCUT2D eigenvalue weighted by Gasteiger charge is 2.30. The zero-order valence-electron chi connectivity index (χ0n) is 17.0. The van der Waals surface area contributed by atoms with Crippen molar-refractivity contribution in [3.8, 4) is 17.2 Å². The molecule has 158 valence electrons. The minimum absolute atomic E-state index is 0.0838.